The van der Waals surface area contributed by atoms with Crippen LogP contribution >= 0.6 is 12.4 Å². The molecule has 1 aromatic rings. The largest absolute Gasteiger partial charge is 0.468 e. The van der Waals surface area contributed by atoms with Crippen molar-refractivity contribution < 1.29 is 13.9 Å². The molecule has 0 saturated heterocycles. The standard InChI is InChI=1S/C10H12FNO2.ClH/c1-6-3-4-8(11)7(5-6)9(12)10(13)14-2;/h3-5,9H,12H2,1-2H3;1H/t9-;/m1./s1. The first kappa shape index (κ1) is 13.9. The third-order valence-corrected chi connectivity index (χ3v) is 1.94. The van der Waals surface area contributed by atoms with E-state index in [0.29, 0.717) is 0 Å². The van der Waals surface area contributed by atoms with E-state index < -0.39 is 17.8 Å². The van der Waals surface area contributed by atoms with Crippen molar-refractivity contribution in [3.8, 4) is 0 Å². The van der Waals surface area contributed by atoms with Gasteiger partial charge in [-0.25, -0.2) is 4.39 Å². The van der Waals surface area contributed by atoms with Crippen LogP contribution in [0.3, 0.4) is 0 Å². The van der Waals surface area contributed by atoms with Crippen LogP contribution in [0.4, 0.5) is 4.39 Å². The fourth-order valence-corrected chi connectivity index (χ4v) is 1.16. The van der Waals surface area contributed by atoms with Gasteiger partial charge in [0.25, 0.3) is 0 Å². The van der Waals surface area contributed by atoms with E-state index in [9.17, 15) is 9.18 Å². The molecule has 0 aliphatic carbocycles. The summed E-state index contributed by atoms with van der Waals surface area (Å²) in [7, 11) is 1.22. The zero-order valence-corrected chi connectivity index (χ0v) is 9.31. The van der Waals surface area contributed by atoms with E-state index in [1.807, 2.05) is 0 Å². The molecule has 0 saturated carbocycles. The molecule has 1 rings (SSSR count). The molecule has 5 heteroatoms. The lowest BCUT2D eigenvalue weighted by atomic mass is 10.0. The third kappa shape index (κ3) is 3.18. The van der Waals surface area contributed by atoms with Crippen LogP contribution in [0.2, 0.25) is 0 Å². The molecule has 84 valence electrons. The fourth-order valence-electron chi connectivity index (χ4n) is 1.16. The second kappa shape index (κ2) is 5.68. The summed E-state index contributed by atoms with van der Waals surface area (Å²) in [5.41, 5.74) is 6.52. The van der Waals surface area contributed by atoms with Crippen LogP contribution < -0.4 is 5.73 Å². The normalized spacial score (nSPS) is 11.5. The molecule has 0 aliphatic heterocycles. The molecule has 1 aromatic carbocycles. The fraction of sp³-hybridized carbons (Fsp3) is 0.300. The van der Waals surface area contributed by atoms with E-state index >= 15 is 0 Å². The number of rotatable bonds is 2. The first-order valence-corrected chi connectivity index (χ1v) is 4.15. The van der Waals surface area contributed by atoms with Crippen LogP contribution in [-0.4, -0.2) is 13.1 Å². The van der Waals surface area contributed by atoms with Crippen molar-refractivity contribution in [2.45, 2.75) is 13.0 Å². The molecular weight excluding hydrogens is 221 g/mol. The van der Waals surface area contributed by atoms with Gasteiger partial charge in [0.15, 0.2) is 0 Å². The highest BCUT2D eigenvalue weighted by Gasteiger charge is 2.19. The van der Waals surface area contributed by atoms with Gasteiger partial charge < -0.3 is 10.5 Å². The van der Waals surface area contributed by atoms with E-state index in [0.717, 1.165) is 5.56 Å². The number of hydrogen-bond acceptors (Lipinski definition) is 3. The predicted octanol–water partition coefficient (Wildman–Crippen LogP) is 1.73. The summed E-state index contributed by atoms with van der Waals surface area (Å²) in [5, 5.41) is 0. The number of carbonyl (C=O) groups excluding carboxylic acids is 1. The molecule has 0 fully saturated rings. The number of ether oxygens (including phenoxy) is 1. The summed E-state index contributed by atoms with van der Waals surface area (Å²) >= 11 is 0. The van der Waals surface area contributed by atoms with Crippen LogP contribution in [0.1, 0.15) is 17.2 Å². The summed E-state index contributed by atoms with van der Waals surface area (Å²) in [6.07, 6.45) is 0. The topological polar surface area (TPSA) is 52.3 Å². The van der Waals surface area contributed by atoms with Gasteiger partial charge in [0.2, 0.25) is 0 Å². The average molecular weight is 234 g/mol. The van der Waals surface area contributed by atoms with Crippen molar-refractivity contribution in [3.05, 3.63) is 35.1 Å². The van der Waals surface area contributed by atoms with Gasteiger partial charge in [0, 0.05) is 5.56 Å². The van der Waals surface area contributed by atoms with Gasteiger partial charge in [0.05, 0.1) is 7.11 Å². The van der Waals surface area contributed by atoms with Crippen molar-refractivity contribution in [1.29, 1.82) is 0 Å². The molecule has 15 heavy (non-hydrogen) atoms. The summed E-state index contributed by atoms with van der Waals surface area (Å²) in [4.78, 5) is 11.1. The van der Waals surface area contributed by atoms with Gasteiger partial charge in [-0.05, 0) is 13.0 Å². The average Bonchev–Trinajstić information content (AvgIpc) is 2.19. The highest BCUT2D eigenvalue weighted by atomic mass is 35.5. The number of benzene rings is 1. The van der Waals surface area contributed by atoms with Crippen molar-refractivity contribution >= 4 is 18.4 Å². The van der Waals surface area contributed by atoms with E-state index in [1.165, 1.54) is 19.2 Å². The number of hydrogen-bond donors (Lipinski definition) is 1. The zero-order chi connectivity index (χ0) is 10.7. The van der Waals surface area contributed by atoms with Crippen LogP contribution in [0, 0.1) is 12.7 Å². The van der Waals surface area contributed by atoms with Crippen molar-refractivity contribution in [2.24, 2.45) is 5.73 Å². The van der Waals surface area contributed by atoms with Gasteiger partial charge in [-0.1, -0.05) is 17.7 Å². The Balaban J connectivity index is 0.00000196. The van der Waals surface area contributed by atoms with E-state index in [1.54, 1.807) is 13.0 Å². The summed E-state index contributed by atoms with van der Waals surface area (Å²) in [6.45, 7) is 1.80. The first-order chi connectivity index (χ1) is 6.56. The minimum absolute atomic E-state index is 0. The SMILES string of the molecule is COC(=O)[C@H](N)c1cc(C)ccc1F.Cl. The first-order valence-electron chi connectivity index (χ1n) is 4.15. The summed E-state index contributed by atoms with van der Waals surface area (Å²) < 4.78 is 17.7. The number of aryl methyl sites for hydroxylation is 1. The number of methoxy groups -OCH3 is 1. The Morgan fingerprint density at radius 1 is 1.53 bits per heavy atom. The maximum atomic E-state index is 13.2. The number of halogens is 2. The third-order valence-electron chi connectivity index (χ3n) is 1.94. The maximum Gasteiger partial charge on any atom is 0.327 e. The van der Waals surface area contributed by atoms with Crippen LogP contribution in [0.5, 0.6) is 0 Å². The van der Waals surface area contributed by atoms with Gasteiger partial charge in [-0.15, -0.1) is 12.4 Å². The molecule has 0 aromatic heterocycles. The Hall–Kier alpha value is -1.13. The minimum Gasteiger partial charge on any atom is -0.468 e. The molecular formula is C10H13ClFNO2. The lowest BCUT2D eigenvalue weighted by Crippen LogP contribution is -2.23. The highest BCUT2D eigenvalue weighted by Crippen LogP contribution is 2.17. The molecule has 2 N–H and O–H groups in total. The molecule has 0 bridgehead atoms. The highest BCUT2D eigenvalue weighted by molar-refractivity contribution is 5.85. The monoisotopic (exact) mass is 233 g/mol. The lowest BCUT2D eigenvalue weighted by molar-refractivity contribution is -0.142. The predicted molar refractivity (Wildman–Crippen MR) is 57.3 cm³/mol. The maximum absolute atomic E-state index is 13.2. The number of nitrogens with two attached hydrogens (primary N) is 1. The zero-order valence-electron chi connectivity index (χ0n) is 8.49. The van der Waals surface area contributed by atoms with E-state index in [2.05, 4.69) is 4.74 Å². The van der Waals surface area contributed by atoms with Crippen LogP contribution in [0.15, 0.2) is 18.2 Å². The smallest absolute Gasteiger partial charge is 0.327 e. The van der Waals surface area contributed by atoms with Gasteiger partial charge in [-0.2, -0.15) is 0 Å². The molecule has 0 heterocycles. The quantitative estimate of drug-likeness (QED) is 0.792. The molecule has 0 unspecified atom stereocenters. The minimum atomic E-state index is -1.06. The van der Waals surface area contributed by atoms with Gasteiger partial charge >= 0.3 is 5.97 Å². The second-order valence-corrected chi connectivity index (χ2v) is 3.03. The molecule has 0 radical (unpaired) electrons. The van der Waals surface area contributed by atoms with Crippen molar-refractivity contribution in [2.75, 3.05) is 7.11 Å². The molecule has 3 nitrogen and oxygen atoms in total. The second-order valence-electron chi connectivity index (χ2n) is 3.03. The Labute approximate surface area is 93.8 Å². The molecule has 0 spiro atoms. The van der Waals surface area contributed by atoms with Gasteiger partial charge in [0.1, 0.15) is 11.9 Å². The molecule has 1 atom stereocenters. The van der Waals surface area contributed by atoms with Crippen molar-refractivity contribution in [1.82, 2.24) is 0 Å². The number of esters is 1. The Kier molecular flexibility index (Phi) is 5.25. The van der Waals surface area contributed by atoms with E-state index in [-0.39, 0.29) is 18.0 Å². The Morgan fingerprint density at radius 2 is 2.13 bits per heavy atom. The Bertz CT molecular complexity index is 357. The van der Waals surface area contributed by atoms with Crippen molar-refractivity contribution in [3.63, 3.8) is 0 Å². The van der Waals surface area contributed by atoms with Crippen LogP contribution in [-0.2, 0) is 9.53 Å². The summed E-state index contributed by atoms with van der Waals surface area (Å²) in [5.74, 6) is -1.14. The molecule has 0 amide bonds. The Morgan fingerprint density at radius 3 is 2.67 bits per heavy atom. The van der Waals surface area contributed by atoms with E-state index in [4.69, 9.17) is 5.73 Å². The number of carbonyl (C=O) groups is 1. The van der Waals surface area contributed by atoms with Gasteiger partial charge in [-0.3, -0.25) is 4.79 Å². The summed E-state index contributed by atoms with van der Waals surface area (Å²) in [6, 6.07) is 3.38. The molecule has 0 aliphatic rings. The van der Waals surface area contributed by atoms with Crippen LogP contribution in [0.25, 0.3) is 0 Å². The lowest BCUT2D eigenvalue weighted by Gasteiger charge is -2.10.